The van der Waals surface area contributed by atoms with Crippen LogP contribution in [0.4, 0.5) is 10.5 Å². The van der Waals surface area contributed by atoms with Crippen molar-refractivity contribution in [1.82, 2.24) is 9.88 Å². The minimum absolute atomic E-state index is 0.144. The number of pyridine rings is 1. The van der Waals surface area contributed by atoms with E-state index in [1.165, 1.54) is 27.5 Å². The summed E-state index contributed by atoms with van der Waals surface area (Å²) in [6, 6.07) is 4.87. The fourth-order valence-corrected chi connectivity index (χ4v) is 3.38. The Labute approximate surface area is 174 Å². The number of hydrogen-bond acceptors (Lipinski definition) is 6. The number of piperidine rings is 1. The molecule has 0 spiro atoms. The van der Waals surface area contributed by atoms with Crippen LogP contribution in [0.2, 0.25) is 5.02 Å². The molecule has 8 nitrogen and oxygen atoms in total. The van der Waals surface area contributed by atoms with Crippen molar-refractivity contribution in [1.29, 1.82) is 0 Å². The van der Waals surface area contributed by atoms with Gasteiger partial charge >= 0.3 is 6.03 Å². The lowest BCUT2D eigenvalue weighted by molar-refractivity contribution is 0.106. The van der Waals surface area contributed by atoms with Crippen LogP contribution in [0, 0.1) is 0 Å². The van der Waals surface area contributed by atoms with Crippen LogP contribution in [-0.2, 0) is 0 Å². The van der Waals surface area contributed by atoms with E-state index in [2.05, 4.69) is 10.3 Å². The van der Waals surface area contributed by atoms with E-state index < -0.39 is 0 Å². The fourth-order valence-electron chi connectivity index (χ4n) is 3.21. The van der Waals surface area contributed by atoms with Gasteiger partial charge in [0.05, 0.1) is 33.6 Å². The molecule has 29 heavy (non-hydrogen) atoms. The molecule has 0 radical (unpaired) electrons. The Balaban J connectivity index is 1.68. The Morgan fingerprint density at radius 2 is 1.90 bits per heavy atom. The molecule has 1 aromatic heterocycles. The SMILES string of the molecule is COc1cc(NC(=O)N2CCCC(Oc3ccncc3Cl)C2)cc(OC)c1OC. The predicted molar refractivity (Wildman–Crippen MR) is 110 cm³/mol. The van der Waals surface area contributed by atoms with Crippen molar-refractivity contribution in [2.24, 2.45) is 0 Å². The van der Waals surface area contributed by atoms with Gasteiger partial charge in [-0.1, -0.05) is 11.6 Å². The van der Waals surface area contributed by atoms with E-state index in [0.29, 0.717) is 46.8 Å². The van der Waals surface area contributed by atoms with Crippen molar-refractivity contribution in [2.45, 2.75) is 18.9 Å². The average molecular weight is 422 g/mol. The van der Waals surface area contributed by atoms with Gasteiger partial charge in [0.15, 0.2) is 11.5 Å². The summed E-state index contributed by atoms with van der Waals surface area (Å²) in [5.41, 5.74) is 0.546. The molecule has 1 N–H and O–H groups in total. The van der Waals surface area contributed by atoms with Gasteiger partial charge in [-0.15, -0.1) is 0 Å². The Bertz CT molecular complexity index is 839. The number of hydrogen-bond donors (Lipinski definition) is 1. The van der Waals surface area contributed by atoms with Crippen molar-refractivity contribution < 1.29 is 23.7 Å². The van der Waals surface area contributed by atoms with Crippen molar-refractivity contribution in [3.8, 4) is 23.0 Å². The molecule has 1 unspecified atom stereocenters. The topological polar surface area (TPSA) is 82.2 Å². The number of halogens is 1. The molecule has 3 rings (SSSR count). The number of carbonyl (C=O) groups excluding carboxylic acids is 1. The second-order valence-corrected chi connectivity index (χ2v) is 6.89. The maximum Gasteiger partial charge on any atom is 0.321 e. The van der Waals surface area contributed by atoms with Gasteiger partial charge in [0.1, 0.15) is 16.9 Å². The molecular weight excluding hydrogens is 398 g/mol. The number of amides is 2. The Kier molecular flexibility index (Phi) is 6.87. The molecule has 2 heterocycles. The van der Waals surface area contributed by atoms with Crippen LogP contribution in [0.15, 0.2) is 30.6 Å². The molecule has 2 amide bonds. The third-order valence-electron chi connectivity index (χ3n) is 4.61. The zero-order valence-corrected chi connectivity index (χ0v) is 17.4. The number of likely N-dealkylation sites (tertiary alicyclic amines) is 1. The molecule has 1 aliphatic rings. The summed E-state index contributed by atoms with van der Waals surface area (Å²) >= 11 is 6.12. The summed E-state index contributed by atoms with van der Waals surface area (Å²) in [4.78, 5) is 18.5. The van der Waals surface area contributed by atoms with Crippen LogP contribution in [0.1, 0.15) is 12.8 Å². The molecule has 1 aromatic carbocycles. The van der Waals surface area contributed by atoms with E-state index in [1.807, 2.05) is 0 Å². The highest BCUT2D eigenvalue weighted by atomic mass is 35.5. The van der Waals surface area contributed by atoms with Crippen molar-refractivity contribution in [3.05, 3.63) is 35.6 Å². The summed E-state index contributed by atoms with van der Waals surface area (Å²) in [5, 5.41) is 3.34. The molecule has 0 bridgehead atoms. The molecule has 1 atom stereocenters. The maximum atomic E-state index is 12.8. The summed E-state index contributed by atoms with van der Waals surface area (Å²) in [6.45, 7) is 1.09. The monoisotopic (exact) mass is 421 g/mol. The van der Waals surface area contributed by atoms with Gasteiger partial charge in [0.25, 0.3) is 0 Å². The summed E-state index contributed by atoms with van der Waals surface area (Å²) in [5.74, 6) is 1.97. The van der Waals surface area contributed by atoms with Crippen LogP contribution in [0.5, 0.6) is 23.0 Å². The predicted octanol–water partition coefficient (Wildman–Crippen LogP) is 3.84. The first-order chi connectivity index (χ1) is 14.0. The maximum absolute atomic E-state index is 12.8. The van der Waals surface area contributed by atoms with Crippen LogP contribution >= 0.6 is 11.6 Å². The molecular formula is C20H24ClN3O5. The van der Waals surface area contributed by atoms with Crippen LogP contribution in [0.25, 0.3) is 0 Å². The van der Waals surface area contributed by atoms with Gasteiger partial charge in [0.2, 0.25) is 5.75 Å². The van der Waals surface area contributed by atoms with Crippen molar-refractivity contribution in [3.63, 3.8) is 0 Å². The quantitative estimate of drug-likeness (QED) is 0.763. The Hall–Kier alpha value is -2.87. The highest BCUT2D eigenvalue weighted by Gasteiger charge is 2.26. The number of nitrogens with one attached hydrogen (secondary N) is 1. The van der Waals surface area contributed by atoms with E-state index >= 15 is 0 Å². The van der Waals surface area contributed by atoms with Gasteiger partial charge in [-0.2, -0.15) is 0 Å². The molecule has 2 aromatic rings. The van der Waals surface area contributed by atoms with Gasteiger partial charge in [0, 0.05) is 37.1 Å². The van der Waals surface area contributed by atoms with Crippen LogP contribution in [0.3, 0.4) is 0 Å². The van der Waals surface area contributed by atoms with Gasteiger partial charge in [-0.25, -0.2) is 4.79 Å². The summed E-state index contributed by atoms with van der Waals surface area (Å²) in [7, 11) is 4.58. The number of ether oxygens (including phenoxy) is 4. The zero-order valence-electron chi connectivity index (χ0n) is 16.6. The molecule has 0 saturated carbocycles. The number of benzene rings is 1. The first-order valence-corrected chi connectivity index (χ1v) is 9.55. The summed E-state index contributed by atoms with van der Waals surface area (Å²) < 4.78 is 21.9. The van der Waals surface area contributed by atoms with E-state index in [9.17, 15) is 4.79 Å². The molecule has 0 aliphatic carbocycles. The molecule has 1 fully saturated rings. The van der Waals surface area contributed by atoms with Crippen molar-refractivity contribution >= 4 is 23.3 Å². The van der Waals surface area contributed by atoms with Crippen LogP contribution < -0.4 is 24.3 Å². The highest BCUT2D eigenvalue weighted by Crippen LogP contribution is 2.40. The smallest absolute Gasteiger partial charge is 0.321 e. The van der Waals surface area contributed by atoms with E-state index in [-0.39, 0.29) is 12.1 Å². The zero-order chi connectivity index (χ0) is 20.8. The number of aromatic nitrogens is 1. The van der Waals surface area contributed by atoms with Crippen LogP contribution in [-0.4, -0.2) is 56.4 Å². The lowest BCUT2D eigenvalue weighted by atomic mass is 10.1. The molecule has 156 valence electrons. The number of methoxy groups -OCH3 is 3. The van der Waals surface area contributed by atoms with E-state index in [1.54, 1.807) is 29.3 Å². The molecule has 9 heteroatoms. The van der Waals surface area contributed by atoms with E-state index in [4.69, 9.17) is 30.5 Å². The van der Waals surface area contributed by atoms with E-state index in [0.717, 1.165) is 12.8 Å². The standard InChI is InChI=1S/C20H24ClN3O5/c1-26-17-9-13(10-18(27-2)19(17)28-3)23-20(25)24-8-4-5-14(12-24)29-16-6-7-22-11-15(16)21/h6-7,9-11,14H,4-5,8,12H2,1-3H3,(H,23,25). The normalized spacial score (nSPS) is 16.1. The van der Waals surface area contributed by atoms with Gasteiger partial charge in [-0.05, 0) is 12.8 Å². The van der Waals surface area contributed by atoms with Gasteiger partial charge in [-0.3, -0.25) is 4.98 Å². The first-order valence-electron chi connectivity index (χ1n) is 9.17. The minimum Gasteiger partial charge on any atom is -0.493 e. The summed E-state index contributed by atoms with van der Waals surface area (Å²) in [6.07, 6.45) is 4.69. The number of carbonyl (C=O) groups is 1. The number of urea groups is 1. The lowest BCUT2D eigenvalue weighted by Gasteiger charge is -2.33. The Morgan fingerprint density at radius 1 is 1.17 bits per heavy atom. The Morgan fingerprint density at radius 3 is 2.52 bits per heavy atom. The lowest BCUT2D eigenvalue weighted by Crippen LogP contribution is -2.46. The minimum atomic E-state index is -0.228. The molecule has 1 aliphatic heterocycles. The second kappa shape index (κ2) is 9.56. The third kappa shape index (κ3) is 4.95. The fraction of sp³-hybridized carbons (Fsp3) is 0.400. The number of rotatable bonds is 6. The average Bonchev–Trinajstić information content (AvgIpc) is 2.74. The third-order valence-corrected chi connectivity index (χ3v) is 4.89. The highest BCUT2D eigenvalue weighted by molar-refractivity contribution is 6.31. The van der Waals surface area contributed by atoms with Crippen molar-refractivity contribution in [2.75, 3.05) is 39.7 Å². The number of nitrogens with zero attached hydrogens (tertiary/aromatic N) is 2. The largest absolute Gasteiger partial charge is 0.493 e. The second-order valence-electron chi connectivity index (χ2n) is 6.48. The molecule has 1 saturated heterocycles. The van der Waals surface area contributed by atoms with Gasteiger partial charge < -0.3 is 29.2 Å². The first kappa shape index (κ1) is 20.9. The number of anilines is 1.